The molecule has 0 aliphatic heterocycles. The zero-order chi connectivity index (χ0) is 11.0. The van der Waals surface area contributed by atoms with E-state index in [9.17, 15) is 0 Å². The Balaban J connectivity index is 2.19. The fourth-order valence-electron chi connectivity index (χ4n) is 1.59. The maximum Gasteiger partial charge on any atom is 0.138 e. The second kappa shape index (κ2) is 3.72. The van der Waals surface area contributed by atoms with E-state index >= 15 is 0 Å². The minimum absolute atomic E-state index is 0.888. The second-order valence-corrected chi connectivity index (χ2v) is 4.37. The van der Waals surface area contributed by atoms with E-state index in [4.69, 9.17) is 0 Å². The molecule has 0 bridgehead atoms. The predicted octanol–water partition coefficient (Wildman–Crippen LogP) is 3.16. The average Bonchev–Trinajstić information content (AvgIpc) is 2.73. The van der Waals surface area contributed by atoms with E-state index in [1.807, 2.05) is 47.1 Å². The van der Waals surface area contributed by atoms with Crippen LogP contribution in [0.5, 0.6) is 0 Å². The lowest BCUT2D eigenvalue weighted by Gasteiger charge is -1.91. The number of hydrogen-bond acceptors (Lipinski definition) is 2. The first-order valence-electron chi connectivity index (χ1n) is 4.88. The summed E-state index contributed by atoms with van der Waals surface area (Å²) in [5.74, 6) is 0. The van der Waals surface area contributed by atoms with Crippen LogP contribution in [0.3, 0.4) is 0 Å². The Morgan fingerprint density at radius 3 is 2.88 bits per heavy atom. The molecular weight excluding hydrogens is 266 g/mol. The lowest BCUT2D eigenvalue weighted by atomic mass is 10.3. The van der Waals surface area contributed by atoms with Crippen LogP contribution in [0, 0.1) is 0 Å². The first-order valence-corrected chi connectivity index (χ1v) is 5.68. The molecule has 0 aliphatic rings. The maximum absolute atomic E-state index is 4.51. The van der Waals surface area contributed by atoms with Gasteiger partial charge in [-0.3, -0.25) is 4.98 Å². The molecule has 3 rings (SSSR count). The number of fused-ring (bicyclic) bond motifs is 1. The third kappa shape index (κ3) is 1.61. The van der Waals surface area contributed by atoms with E-state index in [-0.39, 0.29) is 0 Å². The molecule has 0 aromatic carbocycles. The molecule has 0 N–H and O–H groups in total. The summed E-state index contributed by atoms with van der Waals surface area (Å²) in [6, 6.07) is 9.78. The van der Waals surface area contributed by atoms with Gasteiger partial charge in [0.25, 0.3) is 0 Å². The minimum atomic E-state index is 0.888. The van der Waals surface area contributed by atoms with Crippen molar-refractivity contribution in [3.63, 3.8) is 0 Å². The molecule has 3 heterocycles. The monoisotopic (exact) mass is 273 g/mol. The van der Waals surface area contributed by atoms with Crippen LogP contribution in [-0.4, -0.2) is 14.4 Å². The average molecular weight is 274 g/mol. The normalized spacial score (nSPS) is 10.8. The SMILES string of the molecule is Brc1ccn2cc(-c3ccccn3)nc2c1. The van der Waals surface area contributed by atoms with E-state index in [1.54, 1.807) is 6.20 Å². The first-order chi connectivity index (χ1) is 7.83. The van der Waals surface area contributed by atoms with Crippen LogP contribution in [0.4, 0.5) is 0 Å². The Bertz CT molecular complexity index is 631. The van der Waals surface area contributed by atoms with Crippen molar-refractivity contribution in [2.45, 2.75) is 0 Å². The topological polar surface area (TPSA) is 30.2 Å². The molecule has 3 aromatic heterocycles. The molecule has 3 nitrogen and oxygen atoms in total. The smallest absolute Gasteiger partial charge is 0.138 e. The van der Waals surface area contributed by atoms with Crippen LogP contribution in [0.2, 0.25) is 0 Å². The Labute approximate surface area is 101 Å². The highest BCUT2D eigenvalue weighted by Crippen LogP contribution is 2.18. The summed E-state index contributed by atoms with van der Waals surface area (Å²) in [4.78, 5) is 8.79. The number of nitrogens with zero attached hydrogens (tertiary/aromatic N) is 3. The summed E-state index contributed by atoms with van der Waals surface area (Å²) >= 11 is 3.43. The van der Waals surface area contributed by atoms with Crippen molar-refractivity contribution in [3.8, 4) is 11.4 Å². The number of imidazole rings is 1. The van der Waals surface area contributed by atoms with E-state index in [1.165, 1.54) is 0 Å². The Hall–Kier alpha value is -1.68. The van der Waals surface area contributed by atoms with Gasteiger partial charge in [-0.1, -0.05) is 22.0 Å². The highest BCUT2D eigenvalue weighted by Gasteiger charge is 2.04. The molecular formula is C12H8BrN3. The summed E-state index contributed by atoms with van der Waals surface area (Å²) in [5.41, 5.74) is 2.69. The van der Waals surface area contributed by atoms with Gasteiger partial charge in [-0.25, -0.2) is 4.98 Å². The Morgan fingerprint density at radius 2 is 2.06 bits per heavy atom. The van der Waals surface area contributed by atoms with Gasteiger partial charge >= 0.3 is 0 Å². The van der Waals surface area contributed by atoms with Crippen LogP contribution in [0.25, 0.3) is 17.0 Å². The van der Waals surface area contributed by atoms with E-state index < -0.39 is 0 Å². The van der Waals surface area contributed by atoms with Crippen molar-refractivity contribution in [1.82, 2.24) is 14.4 Å². The van der Waals surface area contributed by atoms with Gasteiger partial charge in [0, 0.05) is 23.1 Å². The fraction of sp³-hybridized carbons (Fsp3) is 0. The number of aromatic nitrogens is 3. The van der Waals surface area contributed by atoms with Gasteiger partial charge < -0.3 is 4.40 Å². The molecule has 0 unspecified atom stereocenters. The lowest BCUT2D eigenvalue weighted by Crippen LogP contribution is -1.80. The molecule has 0 radical (unpaired) electrons. The molecule has 0 atom stereocenters. The molecule has 0 fully saturated rings. The number of halogens is 1. The van der Waals surface area contributed by atoms with E-state index in [0.29, 0.717) is 0 Å². The van der Waals surface area contributed by atoms with Crippen LogP contribution in [0.15, 0.2) is 53.4 Å². The van der Waals surface area contributed by atoms with Crippen LogP contribution < -0.4 is 0 Å². The minimum Gasteiger partial charge on any atom is -0.306 e. The lowest BCUT2D eigenvalue weighted by molar-refractivity contribution is 1.18. The highest BCUT2D eigenvalue weighted by molar-refractivity contribution is 9.10. The van der Waals surface area contributed by atoms with Gasteiger partial charge in [0.15, 0.2) is 0 Å². The van der Waals surface area contributed by atoms with E-state index in [0.717, 1.165) is 21.5 Å². The number of rotatable bonds is 1. The van der Waals surface area contributed by atoms with Crippen LogP contribution in [-0.2, 0) is 0 Å². The number of pyridine rings is 2. The Kier molecular flexibility index (Phi) is 2.22. The molecule has 0 amide bonds. The van der Waals surface area contributed by atoms with Crippen LogP contribution in [0.1, 0.15) is 0 Å². The molecule has 0 aliphatic carbocycles. The van der Waals surface area contributed by atoms with Gasteiger partial charge in [0.1, 0.15) is 11.3 Å². The molecule has 16 heavy (non-hydrogen) atoms. The van der Waals surface area contributed by atoms with Crippen molar-refractivity contribution in [2.24, 2.45) is 0 Å². The van der Waals surface area contributed by atoms with Gasteiger partial charge in [-0.15, -0.1) is 0 Å². The largest absolute Gasteiger partial charge is 0.306 e. The maximum atomic E-state index is 4.51. The summed E-state index contributed by atoms with van der Waals surface area (Å²) in [6.45, 7) is 0. The summed E-state index contributed by atoms with van der Waals surface area (Å²) < 4.78 is 3.01. The molecule has 3 aromatic rings. The zero-order valence-electron chi connectivity index (χ0n) is 8.34. The van der Waals surface area contributed by atoms with Crippen molar-refractivity contribution < 1.29 is 0 Å². The summed E-state index contributed by atoms with van der Waals surface area (Å²) in [5, 5.41) is 0. The number of hydrogen-bond donors (Lipinski definition) is 0. The Morgan fingerprint density at radius 1 is 1.12 bits per heavy atom. The van der Waals surface area contributed by atoms with Gasteiger partial charge in [0.2, 0.25) is 0 Å². The van der Waals surface area contributed by atoms with Crippen molar-refractivity contribution in [3.05, 3.63) is 53.4 Å². The third-order valence-electron chi connectivity index (χ3n) is 2.35. The van der Waals surface area contributed by atoms with Gasteiger partial charge in [0.05, 0.1) is 5.69 Å². The molecule has 78 valence electrons. The summed E-state index contributed by atoms with van der Waals surface area (Å²) in [6.07, 6.45) is 5.72. The van der Waals surface area contributed by atoms with Crippen molar-refractivity contribution in [2.75, 3.05) is 0 Å². The van der Waals surface area contributed by atoms with E-state index in [2.05, 4.69) is 25.9 Å². The summed E-state index contributed by atoms with van der Waals surface area (Å²) in [7, 11) is 0. The van der Waals surface area contributed by atoms with Crippen LogP contribution >= 0.6 is 15.9 Å². The molecule has 0 saturated heterocycles. The molecule has 0 saturated carbocycles. The second-order valence-electron chi connectivity index (χ2n) is 3.45. The third-order valence-corrected chi connectivity index (χ3v) is 2.84. The fourth-order valence-corrected chi connectivity index (χ4v) is 1.92. The van der Waals surface area contributed by atoms with Crippen molar-refractivity contribution in [1.29, 1.82) is 0 Å². The quantitative estimate of drug-likeness (QED) is 0.682. The molecule has 0 spiro atoms. The van der Waals surface area contributed by atoms with Gasteiger partial charge in [-0.2, -0.15) is 0 Å². The predicted molar refractivity (Wildman–Crippen MR) is 66.1 cm³/mol. The molecule has 4 heteroatoms. The van der Waals surface area contributed by atoms with Crippen molar-refractivity contribution >= 4 is 21.6 Å². The highest BCUT2D eigenvalue weighted by atomic mass is 79.9. The zero-order valence-corrected chi connectivity index (χ0v) is 9.92. The first kappa shape index (κ1) is 9.54. The van der Waals surface area contributed by atoms with Gasteiger partial charge in [-0.05, 0) is 24.3 Å². The standard InChI is InChI=1S/C12H8BrN3/c13-9-4-6-16-8-11(15-12(16)7-9)10-3-1-2-5-14-10/h1-8H.